The van der Waals surface area contributed by atoms with Gasteiger partial charge in [0.1, 0.15) is 12.6 Å². The van der Waals surface area contributed by atoms with Crippen LogP contribution in [0, 0.1) is 13.8 Å². The molecule has 7 nitrogen and oxygen atoms in total. The molecule has 3 rings (SSSR count). The quantitative estimate of drug-likeness (QED) is 0.341. The highest BCUT2D eigenvalue weighted by atomic mass is 79.9. The van der Waals surface area contributed by atoms with Crippen LogP contribution in [0.3, 0.4) is 0 Å². The number of hydrogen-bond donors (Lipinski definition) is 1. The molecule has 0 bridgehead atoms. The van der Waals surface area contributed by atoms with Crippen LogP contribution in [0.2, 0.25) is 0 Å². The summed E-state index contributed by atoms with van der Waals surface area (Å²) in [4.78, 5) is 28.6. The summed E-state index contributed by atoms with van der Waals surface area (Å²) in [6.45, 7) is 10.8. The Hall–Kier alpha value is -3.17. The van der Waals surface area contributed by atoms with E-state index < -0.39 is 34.1 Å². The first-order valence-electron chi connectivity index (χ1n) is 12.7. The van der Waals surface area contributed by atoms with Gasteiger partial charge in [0.15, 0.2) is 0 Å². The summed E-state index contributed by atoms with van der Waals surface area (Å²) in [6, 6.07) is 19.9. The first-order valence-corrected chi connectivity index (χ1v) is 14.9. The van der Waals surface area contributed by atoms with Gasteiger partial charge in [-0.1, -0.05) is 52.3 Å². The predicted molar refractivity (Wildman–Crippen MR) is 159 cm³/mol. The van der Waals surface area contributed by atoms with Crippen molar-refractivity contribution >= 4 is 43.5 Å². The van der Waals surface area contributed by atoms with Crippen LogP contribution < -0.4 is 9.62 Å². The Kier molecular flexibility index (Phi) is 9.61. The Bertz CT molecular complexity index is 1420. The zero-order chi connectivity index (χ0) is 29.0. The highest BCUT2D eigenvalue weighted by molar-refractivity contribution is 9.10. The summed E-state index contributed by atoms with van der Waals surface area (Å²) >= 11 is 3.42. The molecule has 2 amide bonds. The highest BCUT2D eigenvalue weighted by Gasteiger charge is 2.33. The number of nitrogens with one attached hydrogen (secondary N) is 1. The minimum Gasteiger partial charge on any atom is -0.350 e. The van der Waals surface area contributed by atoms with Gasteiger partial charge in [0.2, 0.25) is 11.8 Å². The second-order valence-electron chi connectivity index (χ2n) is 10.7. The molecule has 3 aromatic carbocycles. The topological polar surface area (TPSA) is 86.8 Å². The fourth-order valence-corrected chi connectivity index (χ4v) is 5.66. The van der Waals surface area contributed by atoms with Crippen molar-refractivity contribution < 1.29 is 18.0 Å². The van der Waals surface area contributed by atoms with Gasteiger partial charge in [-0.25, -0.2) is 8.42 Å². The largest absolute Gasteiger partial charge is 0.350 e. The van der Waals surface area contributed by atoms with Gasteiger partial charge >= 0.3 is 0 Å². The molecule has 0 aliphatic heterocycles. The minimum atomic E-state index is -4.09. The molecule has 0 aromatic heterocycles. The first-order chi connectivity index (χ1) is 18.2. The first kappa shape index (κ1) is 30.4. The lowest BCUT2D eigenvalue weighted by Crippen LogP contribution is -2.54. The van der Waals surface area contributed by atoms with Gasteiger partial charge in [0.25, 0.3) is 10.0 Å². The maximum Gasteiger partial charge on any atom is 0.264 e. The lowest BCUT2D eigenvalue weighted by molar-refractivity contribution is -0.140. The number of amides is 2. The molecule has 0 fully saturated rings. The Labute approximate surface area is 240 Å². The van der Waals surface area contributed by atoms with Crippen LogP contribution in [0.25, 0.3) is 0 Å². The Morgan fingerprint density at radius 2 is 1.54 bits per heavy atom. The van der Waals surface area contributed by atoms with Crippen LogP contribution in [0.4, 0.5) is 5.69 Å². The number of benzene rings is 3. The zero-order valence-electron chi connectivity index (χ0n) is 23.2. The van der Waals surface area contributed by atoms with Crippen LogP contribution in [-0.4, -0.2) is 43.3 Å². The summed E-state index contributed by atoms with van der Waals surface area (Å²) in [7, 11) is -4.09. The Balaban J connectivity index is 2.04. The van der Waals surface area contributed by atoms with Crippen molar-refractivity contribution in [1.82, 2.24) is 10.2 Å². The normalized spacial score (nSPS) is 12.5. The third-order valence-electron chi connectivity index (χ3n) is 6.32. The predicted octanol–water partition coefficient (Wildman–Crippen LogP) is 5.59. The van der Waals surface area contributed by atoms with E-state index in [9.17, 15) is 18.0 Å². The molecule has 0 spiro atoms. The maximum absolute atomic E-state index is 14.0. The monoisotopic (exact) mass is 613 g/mol. The summed E-state index contributed by atoms with van der Waals surface area (Å²) in [5.74, 6) is -0.816. The third kappa shape index (κ3) is 7.92. The van der Waals surface area contributed by atoms with Gasteiger partial charge in [-0.05, 0) is 94.6 Å². The van der Waals surface area contributed by atoms with Crippen LogP contribution in [0.15, 0.2) is 82.2 Å². The van der Waals surface area contributed by atoms with Gasteiger partial charge < -0.3 is 10.2 Å². The SMILES string of the molecule is Cc1ccc(N(CC(=O)N(Cc2ccc(Br)cc2)C(C)C(=O)NC(C)(C)C)S(=O)(=O)c2ccccc2)cc1C. The number of nitrogens with zero attached hydrogens (tertiary/aromatic N) is 2. The van der Waals surface area contributed by atoms with E-state index in [4.69, 9.17) is 0 Å². The molecule has 208 valence electrons. The molecule has 3 aromatic rings. The van der Waals surface area contributed by atoms with Crippen LogP contribution in [0.5, 0.6) is 0 Å². The van der Waals surface area contributed by atoms with Gasteiger partial charge in [-0.3, -0.25) is 13.9 Å². The molecule has 0 saturated carbocycles. The van der Waals surface area contributed by atoms with Gasteiger partial charge in [-0.15, -0.1) is 0 Å². The van der Waals surface area contributed by atoms with E-state index in [2.05, 4.69) is 21.2 Å². The standard InChI is InChI=1S/C30H36BrN3O4S/c1-21-12-17-26(18-22(21)2)34(39(37,38)27-10-8-7-9-11-27)20-28(35)33(19-24-13-15-25(31)16-14-24)23(3)29(36)32-30(4,5)6/h7-18,23H,19-20H2,1-6H3,(H,32,36). The van der Waals surface area contributed by atoms with Crippen molar-refractivity contribution in [1.29, 1.82) is 0 Å². The second kappa shape index (κ2) is 12.3. The van der Waals surface area contributed by atoms with Crippen LogP contribution >= 0.6 is 15.9 Å². The number of hydrogen-bond acceptors (Lipinski definition) is 4. The van der Waals surface area contributed by atoms with E-state index in [-0.39, 0.29) is 17.3 Å². The minimum absolute atomic E-state index is 0.0778. The Morgan fingerprint density at radius 1 is 0.923 bits per heavy atom. The molecule has 0 aliphatic carbocycles. The molecule has 1 atom stereocenters. The van der Waals surface area contributed by atoms with Crippen molar-refractivity contribution in [3.05, 3.63) is 94.0 Å². The molecular formula is C30H36BrN3O4S. The highest BCUT2D eigenvalue weighted by Crippen LogP contribution is 2.26. The number of carbonyl (C=O) groups excluding carboxylic acids is 2. The van der Waals surface area contributed by atoms with Crippen molar-refractivity contribution in [2.24, 2.45) is 0 Å². The fourth-order valence-electron chi connectivity index (χ4n) is 3.97. The van der Waals surface area contributed by atoms with E-state index in [1.54, 1.807) is 37.3 Å². The molecular weight excluding hydrogens is 578 g/mol. The average molecular weight is 615 g/mol. The van der Waals surface area contributed by atoms with Crippen molar-refractivity contribution in [3.63, 3.8) is 0 Å². The van der Waals surface area contributed by atoms with E-state index in [0.29, 0.717) is 5.69 Å². The molecule has 0 radical (unpaired) electrons. The maximum atomic E-state index is 14.0. The summed E-state index contributed by atoms with van der Waals surface area (Å²) in [5, 5.41) is 2.93. The molecule has 9 heteroatoms. The summed E-state index contributed by atoms with van der Waals surface area (Å²) < 4.78 is 29.7. The van der Waals surface area contributed by atoms with Crippen molar-refractivity contribution in [3.8, 4) is 0 Å². The molecule has 39 heavy (non-hydrogen) atoms. The zero-order valence-corrected chi connectivity index (χ0v) is 25.6. The number of anilines is 1. The lowest BCUT2D eigenvalue weighted by Gasteiger charge is -2.33. The number of aryl methyl sites for hydroxylation is 2. The van der Waals surface area contributed by atoms with Crippen molar-refractivity contribution in [2.75, 3.05) is 10.8 Å². The third-order valence-corrected chi connectivity index (χ3v) is 8.64. The van der Waals surface area contributed by atoms with Crippen LogP contribution in [0.1, 0.15) is 44.4 Å². The second-order valence-corrected chi connectivity index (χ2v) is 13.4. The fraction of sp³-hybridized carbons (Fsp3) is 0.333. The van der Waals surface area contributed by atoms with Crippen LogP contribution in [-0.2, 0) is 26.2 Å². The Morgan fingerprint density at radius 3 is 2.10 bits per heavy atom. The number of rotatable bonds is 9. The number of sulfonamides is 1. The van der Waals surface area contributed by atoms with E-state index in [1.165, 1.54) is 17.0 Å². The van der Waals surface area contributed by atoms with Gasteiger partial charge in [0, 0.05) is 16.6 Å². The lowest BCUT2D eigenvalue weighted by atomic mass is 10.1. The molecule has 0 saturated heterocycles. The summed E-state index contributed by atoms with van der Waals surface area (Å²) in [5.41, 5.74) is 2.60. The molecule has 1 N–H and O–H groups in total. The number of halogens is 1. The smallest absolute Gasteiger partial charge is 0.264 e. The average Bonchev–Trinajstić information content (AvgIpc) is 2.87. The summed E-state index contributed by atoms with van der Waals surface area (Å²) in [6.07, 6.45) is 0. The molecule has 0 aliphatic rings. The molecule has 0 heterocycles. The van der Waals surface area contributed by atoms with Crippen molar-refractivity contribution in [2.45, 2.75) is 64.6 Å². The van der Waals surface area contributed by atoms with E-state index in [0.717, 1.165) is 25.5 Å². The number of carbonyl (C=O) groups is 2. The molecule has 1 unspecified atom stereocenters. The van der Waals surface area contributed by atoms with E-state index in [1.807, 2.05) is 65.0 Å². The van der Waals surface area contributed by atoms with Gasteiger partial charge in [-0.2, -0.15) is 0 Å². The van der Waals surface area contributed by atoms with Gasteiger partial charge in [0.05, 0.1) is 10.6 Å². The van der Waals surface area contributed by atoms with E-state index >= 15 is 0 Å².